The van der Waals surface area contributed by atoms with Crippen molar-refractivity contribution in [2.24, 2.45) is 0 Å². The number of benzene rings is 1. The van der Waals surface area contributed by atoms with E-state index in [1.165, 1.54) is 0 Å². The summed E-state index contributed by atoms with van der Waals surface area (Å²) in [5.74, 6) is -0.664. The molecule has 6 nitrogen and oxygen atoms in total. The normalized spacial score (nSPS) is 15.5. The van der Waals surface area contributed by atoms with Gasteiger partial charge in [0.1, 0.15) is 11.4 Å². The van der Waals surface area contributed by atoms with E-state index in [1.54, 1.807) is 26.8 Å². The van der Waals surface area contributed by atoms with Crippen LogP contribution in [0, 0.1) is 0 Å². The number of ether oxygens (including phenoxy) is 2. The molecule has 2 aromatic rings. The first-order valence-corrected chi connectivity index (χ1v) is 12.2. The topological polar surface area (TPSA) is 81.5 Å². The Bertz CT molecular complexity index is 999. The van der Waals surface area contributed by atoms with Crippen LogP contribution in [0.4, 0.5) is 0 Å². The molecule has 33 heavy (non-hydrogen) atoms. The van der Waals surface area contributed by atoms with Crippen LogP contribution in [0.3, 0.4) is 0 Å². The highest BCUT2D eigenvalue weighted by molar-refractivity contribution is 6.42. The van der Waals surface area contributed by atoms with E-state index >= 15 is 0 Å². The molecular weight excluding hydrogens is 463 g/mol. The second kappa shape index (κ2) is 10.5. The molecule has 1 aliphatic rings. The summed E-state index contributed by atoms with van der Waals surface area (Å²) in [7, 11) is 0. The molecule has 0 aliphatic heterocycles. The zero-order valence-electron chi connectivity index (χ0n) is 19.7. The minimum absolute atomic E-state index is 0.0311. The average Bonchev–Trinajstić information content (AvgIpc) is 3.19. The lowest BCUT2D eigenvalue weighted by atomic mass is 9.76. The molecule has 0 atom stereocenters. The van der Waals surface area contributed by atoms with Gasteiger partial charge >= 0.3 is 5.97 Å². The van der Waals surface area contributed by atoms with Gasteiger partial charge < -0.3 is 14.6 Å². The van der Waals surface area contributed by atoms with Crippen LogP contribution in [-0.2, 0) is 16.6 Å². The lowest BCUT2D eigenvalue weighted by Gasteiger charge is -2.29. The van der Waals surface area contributed by atoms with Gasteiger partial charge in [0.2, 0.25) is 5.75 Å². The Hall–Kier alpha value is -2.05. The molecule has 1 heterocycles. The summed E-state index contributed by atoms with van der Waals surface area (Å²) < 4.78 is 11.2. The smallest absolute Gasteiger partial charge is 0.361 e. The van der Waals surface area contributed by atoms with Crippen LogP contribution < -0.4 is 4.74 Å². The summed E-state index contributed by atoms with van der Waals surface area (Å²) in [6.45, 7) is 7.71. The summed E-state index contributed by atoms with van der Waals surface area (Å²) in [5.41, 5.74) is 0.0344. The quantitative estimate of drug-likeness (QED) is 0.325. The lowest BCUT2D eigenvalue weighted by Crippen LogP contribution is -2.28. The number of rotatable bonds is 8. The molecule has 1 fully saturated rings. The monoisotopic (exact) mass is 494 g/mol. The zero-order chi connectivity index (χ0) is 24.2. The molecule has 1 aromatic carbocycles. The number of unbranched alkanes of at least 4 members (excludes halogenated alkanes) is 1. The Kier molecular flexibility index (Phi) is 8.12. The van der Waals surface area contributed by atoms with Crippen LogP contribution in [-0.4, -0.2) is 33.3 Å². The minimum Gasteiger partial charge on any atom is -0.491 e. The number of carbonyl (C=O) groups excluding carboxylic acids is 1. The van der Waals surface area contributed by atoms with E-state index in [2.05, 4.69) is 9.97 Å². The van der Waals surface area contributed by atoms with Crippen LogP contribution in [0.2, 0.25) is 10.0 Å². The molecule has 0 saturated heterocycles. The molecule has 1 N–H and O–H groups in total. The molecule has 0 unspecified atom stereocenters. The van der Waals surface area contributed by atoms with E-state index in [-0.39, 0.29) is 22.7 Å². The summed E-state index contributed by atoms with van der Waals surface area (Å²) in [6, 6.07) is 5.68. The Morgan fingerprint density at radius 2 is 1.85 bits per heavy atom. The van der Waals surface area contributed by atoms with Gasteiger partial charge in [-0.2, -0.15) is 4.98 Å². The van der Waals surface area contributed by atoms with Gasteiger partial charge in [-0.25, -0.2) is 9.78 Å². The standard InChI is InChI=1S/C25H32Cl2N2O4/c1-5-6-13-32-21-20(23(31)33-24(2,3)4)28-19(29-22(21)30)15-25(11-7-8-12-25)16-9-10-17(26)18(27)14-16/h9-10,14H,5-8,11-13,15H2,1-4H3,(H,28,29,30). The lowest BCUT2D eigenvalue weighted by molar-refractivity contribution is 0.00568. The predicted molar refractivity (Wildman–Crippen MR) is 130 cm³/mol. The summed E-state index contributed by atoms with van der Waals surface area (Å²) in [5, 5.41) is 11.7. The highest BCUT2D eigenvalue weighted by atomic mass is 35.5. The number of aromatic hydroxyl groups is 1. The molecule has 8 heteroatoms. The first kappa shape index (κ1) is 25.6. The fourth-order valence-electron chi connectivity index (χ4n) is 4.23. The largest absolute Gasteiger partial charge is 0.491 e. The van der Waals surface area contributed by atoms with Crippen molar-refractivity contribution in [3.63, 3.8) is 0 Å². The van der Waals surface area contributed by atoms with Crippen LogP contribution in [0.25, 0.3) is 0 Å². The molecule has 0 amide bonds. The molecule has 0 bridgehead atoms. The Morgan fingerprint density at radius 1 is 1.15 bits per heavy atom. The van der Waals surface area contributed by atoms with Crippen molar-refractivity contribution in [1.29, 1.82) is 0 Å². The van der Waals surface area contributed by atoms with Crippen LogP contribution in [0.5, 0.6) is 11.6 Å². The molecule has 1 aromatic heterocycles. The first-order chi connectivity index (χ1) is 15.5. The van der Waals surface area contributed by atoms with E-state index < -0.39 is 11.6 Å². The third-order valence-electron chi connectivity index (χ3n) is 5.82. The zero-order valence-corrected chi connectivity index (χ0v) is 21.2. The molecule has 0 radical (unpaired) electrons. The molecule has 1 aliphatic carbocycles. The van der Waals surface area contributed by atoms with Crippen molar-refractivity contribution in [3.05, 3.63) is 45.3 Å². The number of halogens is 2. The number of aromatic nitrogens is 2. The van der Waals surface area contributed by atoms with Crippen LogP contribution >= 0.6 is 23.2 Å². The van der Waals surface area contributed by atoms with E-state index in [0.717, 1.165) is 44.1 Å². The van der Waals surface area contributed by atoms with Gasteiger partial charge in [0.05, 0.1) is 16.7 Å². The maximum atomic E-state index is 13.0. The maximum absolute atomic E-state index is 13.0. The Morgan fingerprint density at radius 3 is 2.45 bits per heavy atom. The third kappa shape index (κ3) is 6.30. The number of nitrogens with zero attached hydrogens (tertiary/aromatic N) is 2. The molecule has 1 saturated carbocycles. The summed E-state index contributed by atoms with van der Waals surface area (Å²) in [4.78, 5) is 21.8. The number of hydrogen-bond donors (Lipinski definition) is 1. The van der Waals surface area contributed by atoms with Gasteiger partial charge in [0, 0.05) is 11.8 Å². The predicted octanol–water partition coefficient (Wildman–Crippen LogP) is 6.68. The maximum Gasteiger partial charge on any atom is 0.361 e. The number of carbonyl (C=O) groups is 1. The van der Waals surface area contributed by atoms with Gasteiger partial charge in [0.25, 0.3) is 5.88 Å². The van der Waals surface area contributed by atoms with Crippen molar-refractivity contribution in [2.45, 2.75) is 83.7 Å². The average molecular weight is 495 g/mol. The van der Waals surface area contributed by atoms with Gasteiger partial charge in [-0.05, 0) is 57.7 Å². The van der Waals surface area contributed by atoms with Gasteiger partial charge in [0.15, 0.2) is 5.69 Å². The highest BCUT2D eigenvalue weighted by Crippen LogP contribution is 2.45. The second-order valence-electron chi connectivity index (χ2n) is 9.64. The van der Waals surface area contributed by atoms with Crippen molar-refractivity contribution < 1.29 is 19.4 Å². The first-order valence-electron chi connectivity index (χ1n) is 11.5. The van der Waals surface area contributed by atoms with E-state index in [0.29, 0.717) is 28.9 Å². The van der Waals surface area contributed by atoms with Crippen molar-refractivity contribution >= 4 is 29.2 Å². The van der Waals surface area contributed by atoms with Gasteiger partial charge in [-0.15, -0.1) is 0 Å². The minimum atomic E-state index is -0.717. The molecule has 0 spiro atoms. The van der Waals surface area contributed by atoms with Gasteiger partial charge in [-0.1, -0.05) is 55.5 Å². The second-order valence-corrected chi connectivity index (χ2v) is 10.5. The van der Waals surface area contributed by atoms with Gasteiger partial charge in [-0.3, -0.25) is 0 Å². The molecular formula is C25H32Cl2N2O4. The van der Waals surface area contributed by atoms with E-state index in [4.69, 9.17) is 32.7 Å². The fourth-order valence-corrected chi connectivity index (χ4v) is 4.53. The van der Waals surface area contributed by atoms with E-state index in [1.807, 2.05) is 19.1 Å². The molecule has 180 valence electrons. The van der Waals surface area contributed by atoms with Crippen molar-refractivity contribution in [1.82, 2.24) is 9.97 Å². The number of esters is 1. The van der Waals surface area contributed by atoms with Crippen molar-refractivity contribution in [3.8, 4) is 11.6 Å². The number of hydrogen-bond acceptors (Lipinski definition) is 6. The van der Waals surface area contributed by atoms with Crippen molar-refractivity contribution in [2.75, 3.05) is 6.61 Å². The highest BCUT2D eigenvalue weighted by Gasteiger charge is 2.38. The Balaban J connectivity index is 2.00. The SMILES string of the molecule is CCCCOc1c(O)nc(CC2(c3ccc(Cl)c(Cl)c3)CCCC2)nc1C(=O)OC(C)(C)C. The van der Waals surface area contributed by atoms with Crippen LogP contribution in [0.15, 0.2) is 18.2 Å². The molecule has 3 rings (SSSR count). The third-order valence-corrected chi connectivity index (χ3v) is 6.56. The van der Waals surface area contributed by atoms with Crippen LogP contribution in [0.1, 0.15) is 88.1 Å². The van der Waals surface area contributed by atoms with E-state index in [9.17, 15) is 9.90 Å². The Labute approximate surface area is 205 Å². The summed E-state index contributed by atoms with van der Waals surface area (Å²) in [6.07, 6.45) is 6.09. The summed E-state index contributed by atoms with van der Waals surface area (Å²) >= 11 is 12.4. The fraction of sp³-hybridized carbons (Fsp3) is 0.560.